The van der Waals surface area contributed by atoms with Gasteiger partial charge in [0, 0.05) is 17.8 Å². The van der Waals surface area contributed by atoms with Gasteiger partial charge in [-0.2, -0.15) is 0 Å². The van der Waals surface area contributed by atoms with Crippen molar-refractivity contribution in [2.45, 2.75) is 19.5 Å². The molecule has 0 spiro atoms. The molecule has 2 rings (SSSR count). The smallest absolute Gasteiger partial charge is 0.406 e. The predicted molar refractivity (Wildman–Crippen MR) is 111 cm³/mol. The number of anilines is 1. The molecular formula is C18H21F4IN4O. The first-order valence-electron chi connectivity index (χ1n) is 7.97. The number of rotatable bonds is 6. The molecule has 2 aromatic rings. The van der Waals surface area contributed by atoms with Crippen molar-refractivity contribution < 1.29 is 22.3 Å². The van der Waals surface area contributed by atoms with E-state index in [0.717, 1.165) is 17.7 Å². The maximum atomic E-state index is 13.8. The summed E-state index contributed by atoms with van der Waals surface area (Å²) in [6, 6.07) is 9.82. The molecule has 3 N–H and O–H groups in total. The van der Waals surface area contributed by atoms with E-state index in [4.69, 9.17) is 5.73 Å². The fourth-order valence-electron chi connectivity index (χ4n) is 2.29. The van der Waals surface area contributed by atoms with E-state index in [9.17, 15) is 17.6 Å². The van der Waals surface area contributed by atoms with Crippen molar-refractivity contribution in [2.75, 3.05) is 19.4 Å². The lowest BCUT2D eigenvalue weighted by Gasteiger charge is -2.12. The van der Waals surface area contributed by atoms with Gasteiger partial charge in [-0.15, -0.1) is 37.1 Å². The number of hydrogen-bond acceptors (Lipinski definition) is 3. The summed E-state index contributed by atoms with van der Waals surface area (Å²) in [6.45, 7) is 0.693. The molecule has 0 bridgehead atoms. The average molecular weight is 512 g/mol. The maximum Gasteiger partial charge on any atom is 0.573 e. The Labute approximate surface area is 177 Å². The molecule has 0 aliphatic carbocycles. The average Bonchev–Trinajstić information content (AvgIpc) is 2.55. The molecule has 0 saturated heterocycles. The fraction of sp³-hybridized carbons (Fsp3) is 0.278. The third-order valence-corrected chi connectivity index (χ3v) is 3.39. The van der Waals surface area contributed by atoms with Crippen molar-refractivity contribution >= 4 is 35.6 Å². The number of benzene rings is 2. The van der Waals surface area contributed by atoms with Crippen LogP contribution in [-0.2, 0) is 13.1 Å². The summed E-state index contributed by atoms with van der Waals surface area (Å²) in [7, 11) is 3.69. The van der Waals surface area contributed by atoms with Gasteiger partial charge in [0.05, 0.1) is 6.54 Å². The van der Waals surface area contributed by atoms with Crippen molar-refractivity contribution in [3.05, 3.63) is 59.4 Å². The minimum atomic E-state index is -4.74. The molecule has 0 fully saturated rings. The van der Waals surface area contributed by atoms with Gasteiger partial charge in [-0.3, -0.25) is 0 Å². The molecule has 2 aromatic carbocycles. The van der Waals surface area contributed by atoms with Crippen LogP contribution in [0.1, 0.15) is 11.1 Å². The van der Waals surface area contributed by atoms with E-state index in [1.165, 1.54) is 18.2 Å². The van der Waals surface area contributed by atoms with Crippen LogP contribution in [0.15, 0.2) is 47.5 Å². The molecule has 0 aliphatic heterocycles. The van der Waals surface area contributed by atoms with E-state index >= 15 is 0 Å². The molecule has 10 heteroatoms. The van der Waals surface area contributed by atoms with Crippen LogP contribution in [0, 0.1) is 5.82 Å². The van der Waals surface area contributed by atoms with Crippen molar-refractivity contribution in [1.29, 1.82) is 0 Å². The SMILES string of the molecule is CN(C)Cc1cc(CN=C(N)Nc2ccc(OC(F)(F)F)cc2)ccc1F.I. The van der Waals surface area contributed by atoms with E-state index in [1.54, 1.807) is 12.1 Å². The molecule has 0 unspecified atom stereocenters. The second-order valence-corrected chi connectivity index (χ2v) is 6.06. The lowest BCUT2D eigenvalue weighted by Crippen LogP contribution is -2.22. The van der Waals surface area contributed by atoms with Crippen LogP contribution < -0.4 is 15.8 Å². The number of aliphatic imine (C=N–C) groups is 1. The second kappa shape index (κ2) is 10.5. The number of ether oxygens (including phenoxy) is 1. The van der Waals surface area contributed by atoms with Crippen LogP contribution >= 0.6 is 24.0 Å². The zero-order valence-electron chi connectivity index (χ0n) is 15.3. The van der Waals surface area contributed by atoms with E-state index in [1.807, 2.05) is 19.0 Å². The first-order valence-corrected chi connectivity index (χ1v) is 7.97. The Morgan fingerprint density at radius 1 is 1.14 bits per heavy atom. The van der Waals surface area contributed by atoms with Crippen LogP contribution in [0.25, 0.3) is 0 Å². The van der Waals surface area contributed by atoms with Gasteiger partial charge in [-0.05, 0) is 56.1 Å². The molecule has 0 aromatic heterocycles. The normalized spacial score (nSPS) is 11.9. The molecule has 0 saturated carbocycles. The summed E-state index contributed by atoms with van der Waals surface area (Å²) in [5, 5.41) is 2.77. The Morgan fingerprint density at radius 3 is 2.36 bits per heavy atom. The minimum absolute atomic E-state index is 0. The lowest BCUT2D eigenvalue weighted by molar-refractivity contribution is -0.274. The Bertz CT molecular complexity index is 795. The van der Waals surface area contributed by atoms with Gasteiger partial charge in [-0.1, -0.05) is 6.07 Å². The van der Waals surface area contributed by atoms with Gasteiger partial charge >= 0.3 is 6.36 Å². The number of hydrogen-bond donors (Lipinski definition) is 2. The Kier molecular flexibility index (Phi) is 8.95. The first kappa shape index (κ1) is 24.0. The predicted octanol–water partition coefficient (Wildman–Crippen LogP) is 4.33. The topological polar surface area (TPSA) is 62.9 Å². The van der Waals surface area contributed by atoms with E-state index in [0.29, 0.717) is 17.8 Å². The van der Waals surface area contributed by atoms with Crippen molar-refractivity contribution in [1.82, 2.24) is 4.90 Å². The van der Waals surface area contributed by atoms with Gasteiger partial charge in [0.2, 0.25) is 0 Å². The zero-order valence-corrected chi connectivity index (χ0v) is 17.6. The monoisotopic (exact) mass is 512 g/mol. The highest BCUT2D eigenvalue weighted by Gasteiger charge is 2.30. The molecule has 0 aliphatic rings. The molecule has 0 amide bonds. The second-order valence-electron chi connectivity index (χ2n) is 6.06. The highest BCUT2D eigenvalue weighted by molar-refractivity contribution is 14.0. The molecule has 154 valence electrons. The molecule has 0 atom stereocenters. The highest BCUT2D eigenvalue weighted by Crippen LogP contribution is 2.23. The number of nitrogens with one attached hydrogen (secondary N) is 1. The molecule has 5 nitrogen and oxygen atoms in total. The minimum Gasteiger partial charge on any atom is -0.406 e. The largest absolute Gasteiger partial charge is 0.573 e. The van der Waals surface area contributed by atoms with Crippen molar-refractivity contribution in [3.63, 3.8) is 0 Å². The van der Waals surface area contributed by atoms with Gasteiger partial charge < -0.3 is 20.7 Å². The number of guanidine groups is 1. The van der Waals surface area contributed by atoms with Crippen molar-refractivity contribution in [3.8, 4) is 5.75 Å². The van der Waals surface area contributed by atoms with Gasteiger partial charge in [0.15, 0.2) is 5.96 Å². The highest BCUT2D eigenvalue weighted by atomic mass is 127. The third kappa shape index (κ3) is 8.30. The number of alkyl halides is 3. The van der Waals surface area contributed by atoms with Gasteiger partial charge in [0.25, 0.3) is 0 Å². The number of halogens is 5. The molecular weight excluding hydrogens is 491 g/mol. The fourth-order valence-corrected chi connectivity index (χ4v) is 2.29. The van der Waals surface area contributed by atoms with Crippen LogP contribution in [0.4, 0.5) is 23.2 Å². The first-order chi connectivity index (χ1) is 12.6. The van der Waals surface area contributed by atoms with Crippen LogP contribution in [0.2, 0.25) is 0 Å². The van der Waals surface area contributed by atoms with E-state index < -0.39 is 6.36 Å². The number of nitrogens with zero attached hydrogens (tertiary/aromatic N) is 2. The van der Waals surface area contributed by atoms with Crippen LogP contribution in [0.3, 0.4) is 0 Å². The Morgan fingerprint density at radius 2 is 1.79 bits per heavy atom. The Hall–Kier alpha value is -2.08. The third-order valence-electron chi connectivity index (χ3n) is 3.39. The maximum absolute atomic E-state index is 13.8. The molecule has 28 heavy (non-hydrogen) atoms. The summed E-state index contributed by atoms with van der Waals surface area (Å²) < 4.78 is 54.0. The molecule has 0 radical (unpaired) electrons. The van der Waals surface area contributed by atoms with Crippen molar-refractivity contribution in [2.24, 2.45) is 10.7 Å². The lowest BCUT2D eigenvalue weighted by atomic mass is 10.1. The summed E-state index contributed by atoms with van der Waals surface area (Å²) in [4.78, 5) is 6.01. The zero-order chi connectivity index (χ0) is 20.0. The Balaban J connectivity index is 0.00000392. The quantitative estimate of drug-likeness (QED) is 0.262. The van der Waals surface area contributed by atoms with E-state index in [-0.39, 0.29) is 48.0 Å². The van der Waals surface area contributed by atoms with Gasteiger partial charge in [-0.25, -0.2) is 9.38 Å². The standard InChI is InChI=1S/C18H20F4N4O.HI/c1-26(2)11-13-9-12(3-8-16(13)19)10-24-17(23)25-14-4-6-15(7-5-14)27-18(20,21)22;/h3-9H,10-11H2,1-2H3,(H3,23,24,25);1H. The molecule has 0 heterocycles. The number of nitrogens with two attached hydrogens (primary N) is 1. The summed E-state index contributed by atoms with van der Waals surface area (Å²) in [5.74, 6) is -0.537. The van der Waals surface area contributed by atoms with Gasteiger partial charge in [0.1, 0.15) is 11.6 Å². The summed E-state index contributed by atoms with van der Waals surface area (Å²) >= 11 is 0. The summed E-state index contributed by atoms with van der Waals surface area (Å²) in [6.07, 6.45) is -4.74. The van der Waals surface area contributed by atoms with Crippen LogP contribution in [-0.4, -0.2) is 31.3 Å². The summed E-state index contributed by atoms with van der Waals surface area (Å²) in [5.41, 5.74) is 7.58. The van der Waals surface area contributed by atoms with E-state index in [2.05, 4.69) is 15.0 Å². The van der Waals surface area contributed by atoms with Crippen LogP contribution in [0.5, 0.6) is 5.75 Å².